The van der Waals surface area contributed by atoms with Crippen LogP contribution in [0.1, 0.15) is 36.0 Å². The normalized spacial score (nSPS) is 14.5. The van der Waals surface area contributed by atoms with Gasteiger partial charge < -0.3 is 10.6 Å². The first kappa shape index (κ1) is 22.4. The molecule has 0 radical (unpaired) electrons. The van der Waals surface area contributed by atoms with Gasteiger partial charge in [0.2, 0.25) is 15.9 Å². The zero-order valence-electron chi connectivity index (χ0n) is 17.4. The number of carbonyl (C=O) groups excluding carboxylic acids is 2. The summed E-state index contributed by atoms with van der Waals surface area (Å²) in [7, 11) is -3.50. The first-order valence-corrected chi connectivity index (χ1v) is 12.7. The zero-order valence-corrected chi connectivity index (χ0v) is 19.0. The highest BCUT2D eigenvalue weighted by Gasteiger charge is 2.27. The molecule has 0 aliphatic carbocycles. The van der Waals surface area contributed by atoms with Crippen LogP contribution in [0.2, 0.25) is 0 Å². The summed E-state index contributed by atoms with van der Waals surface area (Å²) in [6.45, 7) is 1.49. The number of thiazole rings is 1. The SMILES string of the molecule is O=C(CCCNC(=O)c1ccccc1)Nc1nc2ccc(S(=O)(=O)N3CCCC3)cc2s1. The van der Waals surface area contributed by atoms with Gasteiger partial charge in [-0.15, -0.1) is 0 Å². The van der Waals surface area contributed by atoms with E-state index in [4.69, 9.17) is 0 Å². The smallest absolute Gasteiger partial charge is 0.251 e. The first-order valence-electron chi connectivity index (χ1n) is 10.5. The molecule has 1 aliphatic heterocycles. The summed E-state index contributed by atoms with van der Waals surface area (Å²) in [5.74, 6) is -0.375. The number of amides is 2. The molecule has 0 atom stereocenters. The van der Waals surface area contributed by atoms with E-state index >= 15 is 0 Å². The average Bonchev–Trinajstić information content (AvgIpc) is 3.46. The predicted octanol–water partition coefficient (Wildman–Crippen LogP) is 3.23. The standard InChI is InChI=1S/C22H24N4O4S2/c27-20(9-6-12-23-21(28)16-7-2-1-3-8-16)25-22-24-18-11-10-17(15-19(18)31-22)32(29,30)26-13-4-5-14-26/h1-3,7-8,10-11,15H,4-6,9,12-14H2,(H,23,28)(H,24,25,27). The molecule has 1 fully saturated rings. The van der Waals surface area contributed by atoms with Gasteiger partial charge in [-0.25, -0.2) is 13.4 Å². The number of anilines is 1. The van der Waals surface area contributed by atoms with Crippen LogP contribution in [0.25, 0.3) is 10.2 Å². The van der Waals surface area contributed by atoms with Crippen molar-refractivity contribution in [3.05, 3.63) is 54.1 Å². The van der Waals surface area contributed by atoms with Gasteiger partial charge in [0.1, 0.15) is 0 Å². The molecular formula is C22H24N4O4S2. The van der Waals surface area contributed by atoms with Gasteiger partial charge >= 0.3 is 0 Å². The summed E-state index contributed by atoms with van der Waals surface area (Å²) >= 11 is 1.24. The van der Waals surface area contributed by atoms with E-state index in [9.17, 15) is 18.0 Å². The molecule has 2 heterocycles. The minimum Gasteiger partial charge on any atom is -0.352 e. The van der Waals surface area contributed by atoms with Crippen molar-refractivity contribution in [1.29, 1.82) is 0 Å². The fourth-order valence-corrected chi connectivity index (χ4v) is 6.06. The van der Waals surface area contributed by atoms with Crippen LogP contribution < -0.4 is 10.6 Å². The van der Waals surface area contributed by atoms with E-state index in [2.05, 4.69) is 15.6 Å². The van der Waals surface area contributed by atoms with E-state index in [1.54, 1.807) is 42.5 Å². The Balaban J connectivity index is 1.31. The Morgan fingerprint density at radius 2 is 1.81 bits per heavy atom. The van der Waals surface area contributed by atoms with E-state index in [1.807, 2.05) is 6.07 Å². The molecule has 0 spiro atoms. The van der Waals surface area contributed by atoms with Crippen molar-refractivity contribution in [2.75, 3.05) is 25.0 Å². The van der Waals surface area contributed by atoms with Gasteiger partial charge in [-0.05, 0) is 49.6 Å². The van der Waals surface area contributed by atoms with E-state index in [0.717, 1.165) is 12.8 Å². The molecule has 1 saturated heterocycles. The van der Waals surface area contributed by atoms with Gasteiger partial charge in [-0.2, -0.15) is 4.31 Å². The molecule has 2 N–H and O–H groups in total. The molecule has 168 valence electrons. The number of nitrogens with zero attached hydrogens (tertiary/aromatic N) is 2. The minimum atomic E-state index is -3.50. The molecule has 10 heteroatoms. The monoisotopic (exact) mass is 472 g/mol. The van der Waals surface area contributed by atoms with Crippen molar-refractivity contribution in [3.8, 4) is 0 Å². The van der Waals surface area contributed by atoms with Crippen LogP contribution in [0.4, 0.5) is 5.13 Å². The van der Waals surface area contributed by atoms with Gasteiger partial charge in [-0.1, -0.05) is 29.5 Å². The highest BCUT2D eigenvalue weighted by molar-refractivity contribution is 7.89. The molecule has 1 aliphatic rings. The lowest BCUT2D eigenvalue weighted by Crippen LogP contribution is -2.27. The molecule has 0 saturated carbocycles. The van der Waals surface area contributed by atoms with Crippen LogP contribution in [0.15, 0.2) is 53.4 Å². The fraction of sp³-hybridized carbons (Fsp3) is 0.318. The van der Waals surface area contributed by atoms with Gasteiger partial charge in [0.25, 0.3) is 5.91 Å². The third-order valence-corrected chi connectivity index (χ3v) is 8.04. The van der Waals surface area contributed by atoms with Crippen molar-refractivity contribution in [2.45, 2.75) is 30.6 Å². The maximum Gasteiger partial charge on any atom is 0.251 e. The molecule has 2 aromatic carbocycles. The van der Waals surface area contributed by atoms with Crippen LogP contribution >= 0.6 is 11.3 Å². The van der Waals surface area contributed by atoms with Crippen molar-refractivity contribution >= 4 is 48.5 Å². The second-order valence-corrected chi connectivity index (χ2v) is 10.5. The van der Waals surface area contributed by atoms with Crippen LogP contribution in [0.3, 0.4) is 0 Å². The molecule has 0 bridgehead atoms. The predicted molar refractivity (Wildman–Crippen MR) is 124 cm³/mol. The van der Waals surface area contributed by atoms with E-state index < -0.39 is 10.0 Å². The number of hydrogen-bond acceptors (Lipinski definition) is 6. The molecule has 3 aromatic rings. The highest BCUT2D eigenvalue weighted by atomic mass is 32.2. The van der Waals surface area contributed by atoms with Crippen molar-refractivity contribution < 1.29 is 18.0 Å². The largest absolute Gasteiger partial charge is 0.352 e. The first-order chi connectivity index (χ1) is 15.4. The number of nitrogens with one attached hydrogen (secondary N) is 2. The second-order valence-electron chi connectivity index (χ2n) is 7.53. The van der Waals surface area contributed by atoms with Crippen molar-refractivity contribution in [2.24, 2.45) is 0 Å². The molecular weight excluding hydrogens is 448 g/mol. The van der Waals surface area contributed by atoms with Crippen LogP contribution in [0, 0.1) is 0 Å². The summed E-state index contributed by atoms with van der Waals surface area (Å²) in [5.41, 5.74) is 1.22. The van der Waals surface area contributed by atoms with E-state index in [-0.39, 0.29) is 23.1 Å². The van der Waals surface area contributed by atoms with Gasteiger partial charge in [-0.3, -0.25) is 9.59 Å². The lowest BCUT2D eigenvalue weighted by molar-refractivity contribution is -0.116. The van der Waals surface area contributed by atoms with Crippen molar-refractivity contribution in [3.63, 3.8) is 0 Å². The number of aromatic nitrogens is 1. The Morgan fingerprint density at radius 3 is 2.56 bits per heavy atom. The van der Waals surface area contributed by atoms with Crippen LogP contribution in [0.5, 0.6) is 0 Å². The van der Waals surface area contributed by atoms with E-state index in [1.165, 1.54) is 15.6 Å². The van der Waals surface area contributed by atoms with Crippen molar-refractivity contribution in [1.82, 2.24) is 14.6 Å². The molecule has 1 aromatic heterocycles. The Labute approximate surface area is 190 Å². The lowest BCUT2D eigenvalue weighted by Gasteiger charge is -2.15. The van der Waals surface area contributed by atoms with Crippen LogP contribution in [-0.4, -0.2) is 49.2 Å². The number of benzene rings is 2. The third kappa shape index (κ3) is 5.14. The Bertz CT molecular complexity index is 1220. The summed E-state index contributed by atoms with van der Waals surface area (Å²) in [5, 5.41) is 5.98. The molecule has 8 nitrogen and oxygen atoms in total. The maximum atomic E-state index is 12.8. The fourth-order valence-electron chi connectivity index (χ4n) is 3.52. The summed E-state index contributed by atoms with van der Waals surface area (Å²) in [6, 6.07) is 13.8. The average molecular weight is 473 g/mol. The third-order valence-electron chi connectivity index (χ3n) is 5.21. The zero-order chi connectivity index (χ0) is 22.6. The van der Waals surface area contributed by atoms with Gasteiger partial charge in [0.15, 0.2) is 5.13 Å². The Morgan fingerprint density at radius 1 is 1.06 bits per heavy atom. The van der Waals surface area contributed by atoms with E-state index in [0.29, 0.717) is 47.0 Å². The highest BCUT2D eigenvalue weighted by Crippen LogP contribution is 2.30. The summed E-state index contributed by atoms with van der Waals surface area (Å²) in [6.07, 6.45) is 2.50. The molecule has 0 unspecified atom stereocenters. The Hall–Kier alpha value is -2.82. The quantitative estimate of drug-likeness (QED) is 0.490. The number of carbonyl (C=O) groups is 2. The van der Waals surface area contributed by atoms with Gasteiger partial charge in [0.05, 0.1) is 15.1 Å². The van der Waals surface area contributed by atoms with Gasteiger partial charge in [0, 0.05) is 31.6 Å². The number of fused-ring (bicyclic) bond motifs is 1. The molecule has 2 amide bonds. The molecule has 32 heavy (non-hydrogen) atoms. The number of sulfonamides is 1. The topological polar surface area (TPSA) is 108 Å². The molecule has 4 rings (SSSR count). The number of rotatable bonds is 8. The Kier molecular flexibility index (Phi) is 6.83. The maximum absolute atomic E-state index is 12.8. The number of hydrogen-bond donors (Lipinski definition) is 2. The lowest BCUT2D eigenvalue weighted by atomic mass is 10.2. The summed E-state index contributed by atoms with van der Waals surface area (Å²) < 4.78 is 27.7. The minimum absolute atomic E-state index is 0.170. The summed E-state index contributed by atoms with van der Waals surface area (Å²) in [4.78, 5) is 28.9. The van der Waals surface area contributed by atoms with Crippen LogP contribution in [-0.2, 0) is 14.8 Å². The second kappa shape index (κ2) is 9.76.